The Bertz CT molecular complexity index is 766. The van der Waals surface area contributed by atoms with Crippen LogP contribution in [0.5, 0.6) is 0 Å². The second-order valence-electron chi connectivity index (χ2n) is 4.02. The maximum atomic E-state index is 9.15. The van der Waals surface area contributed by atoms with Gasteiger partial charge in [0.2, 0.25) is 0 Å². The number of para-hydroxylation sites is 1. The Hall–Kier alpha value is -2.24. The van der Waals surface area contributed by atoms with Crippen molar-refractivity contribution in [3.8, 4) is 11.8 Å². The fourth-order valence-corrected chi connectivity index (χ4v) is 2.28. The molecule has 0 aliphatic carbocycles. The maximum absolute atomic E-state index is 9.15. The average Bonchev–Trinajstić information content (AvgIpc) is 2.81. The van der Waals surface area contributed by atoms with Gasteiger partial charge in [0.15, 0.2) is 0 Å². The zero-order valence-electron chi connectivity index (χ0n) is 9.47. The van der Waals surface area contributed by atoms with Crippen molar-refractivity contribution in [3.63, 3.8) is 0 Å². The van der Waals surface area contributed by atoms with Crippen LogP contribution in [-0.4, -0.2) is 4.57 Å². The van der Waals surface area contributed by atoms with Crippen molar-refractivity contribution >= 4 is 22.5 Å². The third-order valence-corrected chi connectivity index (χ3v) is 3.17. The lowest BCUT2D eigenvalue weighted by Gasteiger charge is -2.07. The van der Waals surface area contributed by atoms with Gasteiger partial charge in [0.1, 0.15) is 6.07 Å². The summed E-state index contributed by atoms with van der Waals surface area (Å²) in [4.78, 5) is 0. The first-order chi connectivity index (χ1) is 8.79. The second-order valence-corrected chi connectivity index (χ2v) is 4.45. The molecule has 18 heavy (non-hydrogen) atoms. The summed E-state index contributed by atoms with van der Waals surface area (Å²) < 4.78 is 2.00. The van der Waals surface area contributed by atoms with E-state index < -0.39 is 0 Å². The lowest BCUT2D eigenvalue weighted by molar-refractivity contribution is 1.12. The monoisotopic (exact) mass is 252 g/mol. The molecule has 0 fully saturated rings. The summed E-state index contributed by atoms with van der Waals surface area (Å²) in [5.74, 6) is 0. The van der Waals surface area contributed by atoms with Gasteiger partial charge >= 0.3 is 0 Å². The standard InChI is InChI=1S/C15H9ClN2/c16-13-5-6-15-11(9-13)7-8-18(15)14-4-2-1-3-12(14)10-17/h1-9H. The highest BCUT2D eigenvalue weighted by Crippen LogP contribution is 2.25. The number of nitrogens with zero attached hydrogens (tertiary/aromatic N) is 2. The van der Waals surface area contributed by atoms with E-state index in [0.717, 1.165) is 16.6 Å². The predicted octanol–water partition coefficient (Wildman–Crippen LogP) is 4.16. The van der Waals surface area contributed by atoms with Gasteiger partial charge in [-0.05, 0) is 36.4 Å². The molecule has 0 amide bonds. The second kappa shape index (κ2) is 4.21. The summed E-state index contributed by atoms with van der Waals surface area (Å²) in [6.45, 7) is 0. The Kier molecular flexibility index (Phi) is 2.55. The SMILES string of the molecule is N#Cc1ccccc1-n1ccc2cc(Cl)ccc21. The van der Waals surface area contributed by atoms with Gasteiger partial charge in [0.25, 0.3) is 0 Å². The van der Waals surface area contributed by atoms with E-state index in [9.17, 15) is 0 Å². The molecule has 0 aliphatic heterocycles. The van der Waals surface area contributed by atoms with Gasteiger partial charge in [-0.3, -0.25) is 0 Å². The van der Waals surface area contributed by atoms with Crippen LogP contribution < -0.4 is 0 Å². The maximum Gasteiger partial charge on any atom is 0.101 e. The number of benzene rings is 2. The van der Waals surface area contributed by atoms with Crippen LogP contribution in [0.15, 0.2) is 54.7 Å². The van der Waals surface area contributed by atoms with Crippen LogP contribution in [0.1, 0.15) is 5.56 Å². The van der Waals surface area contributed by atoms with Gasteiger partial charge in [-0.2, -0.15) is 5.26 Å². The minimum atomic E-state index is 0.657. The molecule has 0 saturated heterocycles. The largest absolute Gasteiger partial charge is 0.315 e. The summed E-state index contributed by atoms with van der Waals surface area (Å²) in [5.41, 5.74) is 2.59. The number of hydrogen-bond acceptors (Lipinski definition) is 1. The Morgan fingerprint density at radius 1 is 1.06 bits per heavy atom. The van der Waals surface area contributed by atoms with Crippen LogP contribution in [0, 0.1) is 11.3 Å². The van der Waals surface area contributed by atoms with E-state index in [0.29, 0.717) is 10.6 Å². The van der Waals surface area contributed by atoms with Gasteiger partial charge in [0.05, 0.1) is 16.8 Å². The summed E-state index contributed by atoms with van der Waals surface area (Å²) in [7, 11) is 0. The normalized spacial score (nSPS) is 10.4. The zero-order valence-corrected chi connectivity index (χ0v) is 10.2. The number of fused-ring (bicyclic) bond motifs is 1. The molecular weight excluding hydrogens is 244 g/mol. The molecule has 2 nitrogen and oxygen atoms in total. The van der Waals surface area contributed by atoms with Crippen molar-refractivity contribution in [2.75, 3.05) is 0 Å². The molecule has 3 heteroatoms. The van der Waals surface area contributed by atoms with E-state index in [2.05, 4.69) is 6.07 Å². The van der Waals surface area contributed by atoms with Gasteiger partial charge in [-0.15, -0.1) is 0 Å². The van der Waals surface area contributed by atoms with Crippen molar-refractivity contribution in [2.24, 2.45) is 0 Å². The summed E-state index contributed by atoms with van der Waals surface area (Å²) in [5, 5.41) is 10.9. The first-order valence-corrected chi connectivity index (χ1v) is 5.93. The van der Waals surface area contributed by atoms with Crippen molar-refractivity contribution in [1.29, 1.82) is 5.26 Å². The van der Waals surface area contributed by atoms with Gasteiger partial charge in [-0.1, -0.05) is 23.7 Å². The van der Waals surface area contributed by atoms with Crippen LogP contribution >= 0.6 is 11.6 Å². The van der Waals surface area contributed by atoms with Crippen molar-refractivity contribution < 1.29 is 0 Å². The Balaban J connectivity index is 2.30. The van der Waals surface area contributed by atoms with Crippen LogP contribution in [0.2, 0.25) is 5.02 Å². The molecule has 3 rings (SSSR count). The number of nitriles is 1. The Labute approximate surface area is 110 Å². The molecule has 0 bridgehead atoms. The minimum Gasteiger partial charge on any atom is -0.315 e. The van der Waals surface area contributed by atoms with Crippen molar-refractivity contribution in [2.45, 2.75) is 0 Å². The average molecular weight is 253 g/mol. The number of halogens is 1. The predicted molar refractivity (Wildman–Crippen MR) is 73.0 cm³/mol. The number of rotatable bonds is 1. The molecule has 0 atom stereocenters. The Morgan fingerprint density at radius 2 is 1.89 bits per heavy atom. The molecule has 1 aromatic heterocycles. The summed E-state index contributed by atoms with van der Waals surface area (Å²) in [6, 6.07) is 17.5. The van der Waals surface area contributed by atoms with Gasteiger partial charge in [0, 0.05) is 16.6 Å². The third-order valence-electron chi connectivity index (χ3n) is 2.94. The van der Waals surface area contributed by atoms with Crippen molar-refractivity contribution in [1.82, 2.24) is 4.57 Å². The number of aromatic nitrogens is 1. The van der Waals surface area contributed by atoms with Crippen LogP contribution in [0.3, 0.4) is 0 Å². The zero-order chi connectivity index (χ0) is 12.5. The van der Waals surface area contributed by atoms with E-state index in [1.165, 1.54) is 0 Å². The molecule has 0 N–H and O–H groups in total. The van der Waals surface area contributed by atoms with E-state index in [1.807, 2.05) is 59.3 Å². The van der Waals surface area contributed by atoms with E-state index >= 15 is 0 Å². The first-order valence-electron chi connectivity index (χ1n) is 5.56. The fraction of sp³-hybridized carbons (Fsp3) is 0. The first kappa shape index (κ1) is 10.9. The van der Waals surface area contributed by atoms with Crippen molar-refractivity contribution in [3.05, 3.63) is 65.3 Å². The van der Waals surface area contributed by atoms with E-state index in [4.69, 9.17) is 16.9 Å². The third kappa shape index (κ3) is 1.66. The van der Waals surface area contributed by atoms with Crippen LogP contribution in [0.25, 0.3) is 16.6 Å². The lowest BCUT2D eigenvalue weighted by Crippen LogP contribution is -1.95. The molecule has 2 aromatic carbocycles. The molecule has 0 saturated carbocycles. The topological polar surface area (TPSA) is 28.7 Å². The molecule has 86 valence electrons. The highest BCUT2D eigenvalue weighted by atomic mass is 35.5. The Morgan fingerprint density at radius 3 is 2.72 bits per heavy atom. The van der Waals surface area contributed by atoms with E-state index in [1.54, 1.807) is 0 Å². The molecule has 0 aliphatic rings. The number of hydrogen-bond donors (Lipinski definition) is 0. The fourth-order valence-electron chi connectivity index (χ4n) is 2.10. The molecule has 0 radical (unpaired) electrons. The summed E-state index contributed by atoms with van der Waals surface area (Å²) >= 11 is 5.97. The highest BCUT2D eigenvalue weighted by molar-refractivity contribution is 6.31. The quantitative estimate of drug-likeness (QED) is 0.639. The van der Waals surface area contributed by atoms with Gasteiger partial charge < -0.3 is 4.57 Å². The van der Waals surface area contributed by atoms with E-state index in [-0.39, 0.29) is 0 Å². The molecule has 1 heterocycles. The molecular formula is C15H9ClN2. The molecule has 0 unspecified atom stereocenters. The van der Waals surface area contributed by atoms with Gasteiger partial charge in [-0.25, -0.2) is 0 Å². The lowest BCUT2D eigenvalue weighted by atomic mass is 10.2. The van der Waals surface area contributed by atoms with Crippen LogP contribution in [0.4, 0.5) is 0 Å². The van der Waals surface area contributed by atoms with Crippen LogP contribution in [-0.2, 0) is 0 Å². The molecule has 0 spiro atoms. The highest BCUT2D eigenvalue weighted by Gasteiger charge is 2.07. The molecule has 3 aromatic rings. The smallest absolute Gasteiger partial charge is 0.101 e. The minimum absolute atomic E-state index is 0.657. The summed E-state index contributed by atoms with van der Waals surface area (Å²) in [6.07, 6.45) is 1.96.